The van der Waals surface area contributed by atoms with Crippen LogP contribution in [-0.2, 0) is 6.54 Å². The fourth-order valence-corrected chi connectivity index (χ4v) is 1.46. The van der Waals surface area contributed by atoms with E-state index in [1.54, 1.807) is 0 Å². The molecule has 0 radical (unpaired) electrons. The molecule has 0 bridgehead atoms. The van der Waals surface area contributed by atoms with Crippen molar-refractivity contribution in [3.05, 3.63) is 53.7 Å². The van der Waals surface area contributed by atoms with Gasteiger partial charge in [-0.25, -0.2) is 4.98 Å². The first-order chi connectivity index (χ1) is 7.79. The topological polar surface area (TPSA) is 48.1 Å². The minimum absolute atomic E-state index is 0.460. The Morgan fingerprint density at radius 2 is 1.94 bits per heavy atom. The van der Waals surface area contributed by atoms with Crippen molar-refractivity contribution in [2.75, 3.05) is 0 Å². The molecule has 82 valence electrons. The SMILES string of the molecule is Cc1cccc(Oc2ccccc2CN)n1. The summed E-state index contributed by atoms with van der Waals surface area (Å²) in [6.45, 7) is 2.39. The molecular weight excluding hydrogens is 200 g/mol. The van der Waals surface area contributed by atoms with Gasteiger partial charge in [-0.2, -0.15) is 0 Å². The lowest BCUT2D eigenvalue weighted by atomic mass is 10.2. The molecule has 0 aliphatic rings. The number of nitrogens with zero attached hydrogens (tertiary/aromatic N) is 1. The molecule has 0 saturated carbocycles. The van der Waals surface area contributed by atoms with Gasteiger partial charge in [-0.05, 0) is 19.1 Å². The summed E-state index contributed by atoms with van der Waals surface area (Å²) in [5, 5.41) is 0. The van der Waals surface area contributed by atoms with Crippen LogP contribution < -0.4 is 10.5 Å². The van der Waals surface area contributed by atoms with E-state index in [-0.39, 0.29) is 0 Å². The highest BCUT2D eigenvalue weighted by Crippen LogP contribution is 2.23. The standard InChI is InChI=1S/C13H14N2O/c1-10-5-4-8-13(15-10)16-12-7-3-2-6-11(12)9-14/h2-8H,9,14H2,1H3. The van der Waals surface area contributed by atoms with Gasteiger partial charge in [-0.15, -0.1) is 0 Å². The van der Waals surface area contributed by atoms with Crippen molar-refractivity contribution in [3.8, 4) is 11.6 Å². The minimum Gasteiger partial charge on any atom is -0.439 e. The third-order valence-electron chi connectivity index (χ3n) is 2.27. The third-order valence-corrected chi connectivity index (χ3v) is 2.27. The molecule has 0 aliphatic heterocycles. The van der Waals surface area contributed by atoms with Crippen LogP contribution in [0.1, 0.15) is 11.3 Å². The van der Waals surface area contributed by atoms with E-state index in [0.717, 1.165) is 17.0 Å². The van der Waals surface area contributed by atoms with Crippen molar-refractivity contribution in [1.82, 2.24) is 4.98 Å². The molecule has 0 aliphatic carbocycles. The van der Waals surface area contributed by atoms with Crippen LogP contribution in [-0.4, -0.2) is 4.98 Å². The maximum Gasteiger partial charge on any atom is 0.219 e. The van der Waals surface area contributed by atoms with Gasteiger partial charge >= 0.3 is 0 Å². The van der Waals surface area contributed by atoms with Gasteiger partial charge in [0.05, 0.1) is 0 Å². The van der Waals surface area contributed by atoms with E-state index in [9.17, 15) is 0 Å². The molecule has 1 aromatic carbocycles. The number of nitrogens with two attached hydrogens (primary N) is 1. The predicted octanol–water partition coefficient (Wildman–Crippen LogP) is 2.64. The molecule has 0 amide bonds. The average molecular weight is 214 g/mol. The second kappa shape index (κ2) is 4.77. The van der Waals surface area contributed by atoms with Gasteiger partial charge in [0.2, 0.25) is 5.88 Å². The van der Waals surface area contributed by atoms with Crippen molar-refractivity contribution in [1.29, 1.82) is 0 Å². The third kappa shape index (κ3) is 2.38. The Morgan fingerprint density at radius 3 is 2.69 bits per heavy atom. The Kier molecular flexibility index (Phi) is 3.17. The van der Waals surface area contributed by atoms with Crippen LogP contribution in [0.2, 0.25) is 0 Å². The smallest absolute Gasteiger partial charge is 0.219 e. The minimum atomic E-state index is 0.460. The summed E-state index contributed by atoms with van der Waals surface area (Å²) < 4.78 is 5.69. The lowest BCUT2D eigenvalue weighted by molar-refractivity contribution is 0.456. The number of hydrogen-bond donors (Lipinski definition) is 1. The fourth-order valence-electron chi connectivity index (χ4n) is 1.46. The normalized spacial score (nSPS) is 10.1. The van der Waals surface area contributed by atoms with E-state index >= 15 is 0 Å². The monoisotopic (exact) mass is 214 g/mol. The van der Waals surface area contributed by atoms with Crippen LogP contribution in [0.4, 0.5) is 0 Å². The van der Waals surface area contributed by atoms with Crippen molar-refractivity contribution >= 4 is 0 Å². The first-order valence-corrected chi connectivity index (χ1v) is 5.19. The van der Waals surface area contributed by atoms with Gasteiger partial charge < -0.3 is 10.5 Å². The average Bonchev–Trinajstić information content (AvgIpc) is 2.30. The zero-order valence-electron chi connectivity index (χ0n) is 9.18. The van der Waals surface area contributed by atoms with E-state index in [2.05, 4.69) is 4.98 Å². The van der Waals surface area contributed by atoms with Crippen LogP contribution >= 0.6 is 0 Å². The summed E-state index contributed by atoms with van der Waals surface area (Å²) >= 11 is 0. The Morgan fingerprint density at radius 1 is 1.12 bits per heavy atom. The van der Waals surface area contributed by atoms with E-state index in [0.29, 0.717) is 12.4 Å². The largest absolute Gasteiger partial charge is 0.439 e. The van der Waals surface area contributed by atoms with Crippen molar-refractivity contribution in [3.63, 3.8) is 0 Å². The van der Waals surface area contributed by atoms with E-state index in [1.165, 1.54) is 0 Å². The molecule has 3 heteroatoms. The summed E-state index contributed by atoms with van der Waals surface area (Å²) in [6.07, 6.45) is 0. The van der Waals surface area contributed by atoms with Crippen LogP contribution in [0.5, 0.6) is 11.6 Å². The zero-order chi connectivity index (χ0) is 11.4. The molecule has 1 heterocycles. The summed E-state index contributed by atoms with van der Waals surface area (Å²) in [5.74, 6) is 1.36. The van der Waals surface area contributed by atoms with Gasteiger partial charge in [0.15, 0.2) is 0 Å². The number of aromatic nitrogens is 1. The van der Waals surface area contributed by atoms with Gasteiger partial charge in [0, 0.05) is 23.9 Å². The maximum absolute atomic E-state index is 5.69. The Bertz CT molecular complexity index is 483. The lowest BCUT2D eigenvalue weighted by Gasteiger charge is -2.08. The fraction of sp³-hybridized carbons (Fsp3) is 0.154. The molecule has 0 spiro atoms. The Balaban J connectivity index is 2.26. The van der Waals surface area contributed by atoms with Crippen LogP contribution in [0.25, 0.3) is 0 Å². The van der Waals surface area contributed by atoms with Gasteiger partial charge in [0.25, 0.3) is 0 Å². The van der Waals surface area contributed by atoms with E-state index < -0.39 is 0 Å². The molecule has 2 N–H and O–H groups in total. The first-order valence-electron chi connectivity index (χ1n) is 5.19. The molecule has 0 atom stereocenters. The van der Waals surface area contributed by atoms with Crippen molar-refractivity contribution < 1.29 is 4.74 Å². The highest BCUT2D eigenvalue weighted by molar-refractivity contribution is 5.36. The quantitative estimate of drug-likeness (QED) is 0.854. The highest BCUT2D eigenvalue weighted by Gasteiger charge is 2.03. The zero-order valence-corrected chi connectivity index (χ0v) is 9.18. The van der Waals surface area contributed by atoms with Gasteiger partial charge in [-0.3, -0.25) is 0 Å². The van der Waals surface area contributed by atoms with Crippen LogP contribution in [0.3, 0.4) is 0 Å². The van der Waals surface area contributed by atoms with Gasteiger partial charge in [0.1, 0.15) is 5.75 Å². The summed E-state index contributed by atoms with van der Waals surface area (Å²) in [6, 6.07) is 13.4. The number of benzene rings is 1. The Hall–Kier alpha value is -1.87. The molecule has 1 aromatic heterocycles. The summed E-state index contributed by atoms with van der Waals surface area (Å²) in [4.78, 5) is 4.28. The number of rotatable bonds is 3. The first kappa shape index (κ1) is 10.6. The number of para-hydroxylation sites is 1. The van der Waals surface area contributed by atoms with E-state index in [1.807, 2.05) is 49.4 Å². The maximum atomic E-state index is 5.69. The summed E-state index contributed by atoms with van der Waals surface area (Å²) in [5.41, 5.74) is 7.54. The molecule has 0 unspecified atom stereocenters. The van der Waals surface area contributed by atoms with Crippen LogP contribution in [0.15, 0.2) is 42.5 Å². The molecule has 0 saturated heterocycles. The second-order valence-electron chi connectivity index (χ2n) is 3.53. The molecular formula is C13H14N2O. The molecule has 2 rings (SSSR count). The second-order valence-corrected chi connectivity index (χ2v) is 3.53. The number of ether oxygens (including phenoxy) is 1. The van der Waals surface area contributed by atoms with Crippen LogP contribution in [0, 0.1) is 6.92 Å². The molecule has 0 fully saturated rings. The molecule has 16 heavy (non-hydrogen) atoms. The molecule has 3 nitrogen and oxygen atoms in total. The molecule has 2 aromatic rings. The number of aryl methyl sites for hydroxylation is 1. The lowest BCUT2D eigenvalue weighted by Crippen LogP contribution is -1.99. The summed E-state index contributed by atoms with van der Waals surface area (Å²) in [7, 11) is 0. The van der Waals surface area contributed by atoms with Crippen molar-refractivity contribution in [2.45, 2.75) is 13.5 Å². The predicted molar refractivity (Wildman–Crippen MR) is 63.4 cm³/mol. The number of pyridine rings is 1. The van der Waals surface area contributed by atoms with Gasteiger partial charge in [-0.1, -0.05) is 24.3 Å². The highest BCUT2D eigenvalue weighted by atomic mass is 16.5. The van der Waals surface area contributed by atoms with Crippen molar-refractivity contribution in [2.24, 2.45) is 5.73 Å². The Labute approximate surface area is 94.9 Å². The number of hydrogen-bond acceptors (Lipinski definition) is 3. The van der Waals surface area contributed by atoms with E-state index in [4.69, 9.17) is 10.5 Å².